The highest BCUT2D eigenvalue weighted by atomic mass is 35.5. The second-order valence-electron chi connectivity index (χ2n) is 4.89. The molecule has 0 amide bonds. The lowest BCUT2D eigenvalue weighted by molar-refractivity contribution is -0.120. The molecule has 106 valence electrons. The molecule has 1 unspecified atom stereocenters. The fraction of sp³-hybridized carbons (Fsp3) is 0.643. The summed E-state index contributed by atoms with van der Waals surface area (Å²) in [5.41, 5.74) is 7.14. The van der Waals surface area contributed by atoms with Gasteiger partial charge in [-0.2, -0.15) is 0 Å². The molecule has 2 rings (SSSR count). The van der Waals surface area contributed by atoms with Gasteiger partial charge in [0, 0.05) is 51.1 Å². The molecule has 0 spiro atoms. The third-order valence-electron chi connectivity index (χ3n) is 3.74. The third kappa shape index (κ3) is 3.45. The van der Waals surface area contributed by atoms with E-state index in [1.807, 2.05) is 13.0 Å². The maximum atomic E-state index is 6.41. The lowest BCUT2D eigenvalue weighted by atomic mass is 9.83. The van der Waals surface area contributed by atoms with Crippen LogP contribution in [0.4, 0.5) is 0 Å². The Morgan fingerprint density at radius 2 is 2.26 bits per heavy atom. The molecule has 1 fully saturated rings. The molecule has 5 heteroatoms. The fourth-order valence-corrected chi connectivity index (χ4v) is 2.82. The summed E-state index contributed by atoms with van der Waals surface area (Å²) in [7, 11) is 0. The molecule has 0 radical (unpaired) electrons. The number of halogens is 1. The molecule has 1 aliphatic rings. The van der Waals surface area contributed by atoms with Gasteiger partial charge in [-0.05, 0) is 25.0 Å². The molecule has 1 saturated heterocycles. The zero-order valence-corrected chi connectivity index (χ0v) is 12.0. The number of nitrogens with zero attached hydrogens (tertiary/aromatic N) is 1. The third-order valence-corrected chi connectivity index (χ3v) is 4.08. The van der Waals surface area contributed by atoms with Crippen LogP contribution in [0, 0.1) is 0 Å². The molecule has 0 aromatic carbocycles. The van der Waals surface area contributed by atoms with Crippen molar-refractivity contribution in [2.75, 3.05) is 19.8 Å². The highest BCUT2D eigenvalue weighted by Gasteiger charge is 2.39. The fourth-order valence-electron chi connectivity index (χ4n) is 2.62. The SMILES string of the molecule is CCOC1(C(N)Cc2ccncc2Cl)CCOCC1. The minimum absolute atomic E-state index is 0.0868. The minimum Gasteiger partial charge on any atom is -0.381 e. The van der Waals surface area contributed by atoms with Crippen LogP contribution < -0.4 is 5.73 Å². The molecule has 19 heavy (non-hydrogen) atoms. The smallest absolute Gasteiger partial charge is 0.0879 e. The molecule has 0 bridgehead atoms. The van der Waals surface area contributed by atoms with Gasteiger partial charge in [-0.15, -0.1) is 0 Å². The summed E-state index contributed by atoms with van der Waals surface area (Å²) in [4.78, 5) is 3.99. The Bertz CT molecular complexity index is 403. The molecule has 2 N–H and O–H groups in total. The van der Waals surface area contributed by atoms with E-state index >= 15 is 0 Å². The van der Waals surface area contributed by atoms with Crippen molar-refractivity contribution < 1.29 is 9.47 Å². The zero-order chi connectivity index (χ0) is 13.7. The Kier molecular flexibility index (Phi) is 5.16. The maximum absolute atomic E-state index is 6.41. The van der Waals surface area contributed by atoms with Crippen LogP contribution in [0.3, 0.4) is 0 Å². The van der Waals surface area contributed by atoms with Crippen molar-refractivity contribution in [2.45, 2.75) is 37.8 Å². The van der Waals surface area contributed by atoms with Crippen molar-refractivity contribution in [3.05, 3.63) is 29.0 Å². The van der Waals surface area contributed by atoms with E-state index in [0.29, 0.717) is 31.3 Å². The average molecular weight is 285 g/mol. The first kappa shape index (κ1) is 14.7. The highest BCUT2D eigenvalue weighted by Crippen LogP contribution is 2.30. The number of pyridine rings is 1. The average Bonchev–Trinajstić information content (AvgIpc) is 2.42. The summed E-state index contributed by atoms with van der Waals surface area (Å²) < 4.78 is 11.4. The van der Waals surface area contributed by atoms with E-state index in [4.69, 9.17) is 26.8 Å². The zero-order valence-electron chi connectivity index (χ0n) is 11.3. The van der Waals surface area contributed by atoms with Gasteiger partial charge in [0.1, 0.15) is 0 Å². The molecular weight excluding hydrogens is 264 g/mol. The number of aromatic nitrogens is 1. The molecule has 1 aromatic heterocycles. The van der Waals surface area contributed by atoms with Gasteiger partial charge in [0.05, 0.1) is 10.6 Å². The van der Waals surface area contributed by atoms with Crippen LogP contribution in [0.5, 0.6) is 0 Å². The van der Waals surface area contributed by atoms with Gasteiger partial charge in [-0.3, -0.25) is 4.98 Å². The first-order valence-electron chi connectivity index (χ1n) is 6.73. The maximum Gasteiger partial charge on any atom is 0.0879 e. The van der Waals surface area contributed by atoms with Crippen molar-refractivity contribution in [1.29, 1.82) is 0 Å². The molecular formula is C14H21ClN2O2. The molecule has 2 heterocycles. The Morgan fingerprint density at radius 3 is 2.89 bits per heavy atom. The Morgan fingerprint density at radius 1 is 1.53 bits per heavy atom. The van der Waals surface area contributed by atoms with Crippen LogP contribution in [-0.2, 0) is 15.9 Å². The summed E-state index contributed by atoms with van der Waals surface area (Å²) in [6.45, 7) is 4.08. The number of rotatable bonds is 5. The quantitative estimate of drug-likeness (QED) is 0.900. The van der Waals surface area contributed by atoms with Crippen molar-refractivity contribution in [1.82, 2.24) is 4.98 Å². The normalized spacial score (nSPS) is 20.2. The van der Waals surface area contributed by atoms with Crippen LogP contribution in [0.2, 0.25) is 5.02 Å². The monoisotopic (exact) mass is 284 g/mol. The van der Waals surface area contributed by atoms with E-state index in [1.165, 1.54) is 0 Å². The molecule has 1 aromatic rings. The van der Waals surface area contributed by atoms with E-state index in [1.54, 1.807) is 12.4 Å². The van der Waals surface area contributed by atoms with Gasteiger partial charge in [0.2, 0.25) is 0 Å². The van der Waals surface area contributed by atoms with Gasteiger partial charge in [0.15, 0.2) is 0 Å². The predicted octanol–water partition coefficient (Wildman–Crippen LogP) is 2.19. The predicted molar refractivity (Wildman–Crippen MR) is 75.3 cm³/mol. The van der Waals surface area contributed by atoms with E-state index in [-0.39, 0.29) is 11.6 Å². The number of ether oxygens (including phenoxy) is 2. The summed E-state index contributed by atoms with van der Waals surface area (Å²) in [5.74, 6) is 0. The molecule has 1 aliphatic heterocycles. The lowest BCUT2D eigenvalue weighted by Gasteiger charge is -2.41. The summed E-state index contributed by atoms with van der Waals surface area (Å²) >= 11 is 6.15. The van der Waals surface area contributed by atoms with Gasteiger partial charge in [-0.1, -0.05) is 11.6 Å². The van der Waals surface area contributed by atoms with Crippen LogP contribution in [-0.4, -0.2) is 36.4 Å². The van der Waals surface area contributed by atoms with E-state index < -0.39 is 0 Å². The van der Waals surface area contributed by atoms with E-state index in [0.717, 1.165) is 18.4 Å². The number of hydrogen-bond donors (Lipinski definition) is 1. The van der Waals surface area contributed by atoms with Gasteiger partial charge in [-0.25, -0.2) is 0 Å². The molecule has 4 nitrogen and oxygen atoms in total. The number of hydrogen-bond acceptors (Lipinski definition) is 4. The van der Waals surface area contributed by atoms with Gasteiger partial charge >= 0.3 is 0 Å². The first-order chi connectivity index (χ1) is 9.18. The minimum atomic E-state index is -0.292. The van der Waals surface area contributed by atoms with Crippen LogP contribution in [0.15, 0.2) is 18.5 Å². The van der Waals surface area contributed by atoms with Gasteiger partial charge in [0.25, 0.3) is 0 Å². The van der Waals surface area contributed by atoms with Crippen LogP contribution in [0.25, 0.3) is 0 Å². The standard InChI is InChI=1S/C14H21ClN2O2/c1-2-19-14(4-7-18-8-5-14)13(16)9-11-3-6-17-10-12(11)15/h3,6,10,13H,2,4-5,7-9,16H2,1H3. The van der Waals surface area contributed by atoms with E-state index in [2.05, 4.69) is 4.98 Å². The number of nitrogens with two attached hydrogens (primary N) is 1. The first-order valence-corrected chi connectivity index (χ1v) is 7.11. The van der Waals surface area contributed by atoms with Gasteiger partial charge < -0.3 is 15.2 Å². The molecule has 0 saturated carbocycles. The second-order valence-corrected chi connectivity index (χ2v) is 5.30. The Hall–Kier alpha value is -0.680. The topological polar surface area (TPSA) is 57.4 Å². The summed E-state index contributed by atoms with van der Waals surface area (Å²) in [5, 5.41) is 0.664. The second kappa shape index (κ2) is 6.66. The Balaban J connectivity index is 2.11. The summed E-state index contributed by atoms with van der Waals surface area (Å²) in [6.07, 6.45) is 5.77. The molecule has 0 aliphatic carbocycles. The van der Waals surface area contributed by atoms with Crippen molar-refractivity contribution in [2.24, 2.45) is 5.73 Å². The largest absolute Gasteiger partial charge is 0.381 e. The van der Waals surface area contributed by atoms with Crippen molar-refractivity contribution >= 4 is 11.6 Å². The van der Waals surface area contributed by atoms with Crippen molar-refractivity contribution in [3.8, 4) is 0 Å². The highest BCUT2D eigenvalue weighted by molar-refractivity contribution is 6.31. The van der Waals surface area contributed by atoms with Crippen LogP contribution >= 0.6 is 11.6 Å². The lowest BCUT2D eigenvalue weighted by Crippen LogP contribution is -2.54. The molecule has 1 atom stereocenters. The Labute approximate surface area is 119 Å². The van der Waals surface area contributed by atoms with E-state index in [9.17, 15) is 0 Å². The van der Waals surface area contributed by atoms with Crippen LogP contribution in [0.1, 0.15) is 25.3 Å². The summed E-state index contributed by atoms with van der Waals surface area (Å²) in [6, 6.07) is 1.83. The van der Waals surface area contributed by atoms with Crippen molar-refractivity contribution in [3.63, 3.8) is 0 Å².